The van der Waals surface area contributed by atoms with E-state index in [9.17, 15) is 22.8 Å². The average molecular weight is 468 g/mol. The fraction of sp³-hybridized carbons (Fsp3) is 0.200. The second-order valence-corrected chi connectivity index (χ2v) is 7.85. The van der Waals surface area contributed by atoms with Gasteiger partial charge in [-0.05, 0) is 54.6 Å². The molecule has 1 fully saturated rings. The highest BCUT2D eigenvalue weighted by atomic mass is 19.4. The molecule has 1 aliphatic rings. The molecule has 3 aromatic carbocycles. The van der Waals surface area contributed by atoms with Crippen LogP contribution in [0.4, 0.5) is 35.0 Å². The van der Waals surface area contributed by atoms with Gasteiger partial charge in [0.25, 0.3) is 5.91 Å². The lowest BCUT2D eigenvalue weighted by molar-refractivity contribution is -0.137. The van der Waals surface area contributed by atoms with Crippen molar-refractivity contribution < 1.29 is 22.8 Å². The molecule has 1 heterocycles. The van der Waals surface area contributed by atoms with Gasteiger partial charge in [0.1, 0.15) is 0 Å². The Hall–Kier alpha value is -4.01. The van der Waals surface area contributed by atoms with E-state index in [0.29, 0.717) is 37.4 Å². The van der Waals surface area contributed by atoms with Gasteiger partial charge in [0, 0.05) is 48.8 Å². The fourth-order valence-corrected chi connectivity index (χ4v) is 3.75. The molecule has 3 aromatic rings. The molecule has 1 saturated heterocycles. The van der Waals surface area contributed by atoms with E-state index in [1.54, 1.807) is 12.1 Å². The number of nitrogens with one attached hydrogen (secondary N) is 2. The number of carbonyl (C=O) groups excluding carboxylic acids is 2. The third kappa shape index (κ3) is 5.67. The van der Waals surface area contributed by atoms with Crippen LogP contribution in [-0.4, -0.2) is 43.0 Å². The highest BCUT2D eigenvalue weighted by Gasteiger charge is 2.30. The summed E-state index contributed by atoms with van der Waals surface area (Å²) in [7, 11) is 0. The number of alkyl halides is 3. The number of halogens is 3. The van der Waals surface area contributed by atoms with E-state index in [-0.39, 0.29) is 11.6 Å². The number of nitrogens with zero attached hydrogens (tertiary/aromatic N) is 2. The van der Waals surface area contributed by atoms with Gasteiger partial charge in [0.05, 0.1) is 5.56 Å². The molecule has 0 radical (unpaired) electrons. The van der Waals surface area contributed by atoms with Gasteiger partial charge in [0.15, 0.2) is 0 Å². The topological polar surface area (TPSA) is 64.7 Å². The van der Waals surface area contributed by atoms with Gasteiger partial charge in [0.2, 0.25) is 0 Å². The van der Waals surface area contributed by atoms with Crippen molar-refractivity contribution in [3.05, 3.63) is 90.0 Å². The minimum Gasteiger partial charge on any atom is -0.368 e. The Morgan fingerprint density at radius 3 is 2.03 bits per heavy atom. The van der Waals surface area contributed by atoms with Crippen molar-refractivity contribution in [2.45, 2.75) is 6.18 Å². The standard InChI is InChI=1S/C25H23F3N4O2/c26-25(27,28)19-7-4-8-21(17-19)30-24(34)29-20-9-11-22(12-10-20)31-13-15-32(16-14-31)23(33)18-5-2-1-3-6-18/h1-12,17H,13-16H2,(H2,29,30,34). The number of hydrogen-bond acceptors (Lipinski definition) is 3. The van der Waals surface area contributed by atoms with Crippen LogP contribution in [0.1, 0.15) is 15.9 Å². The maximum absolute atomic E-state index is 12.8. The smallest absolute Gasteiger partial charge is 0.368 e. The van der Waals surface area contributed by atoms with Gasteiger partial charge in [-0.15, -0.1) is 0 Å². The number of amides is 3. The summed E-state index contributed by atoms with van der Waals surface area (Å²) in [4.78, 5) is 28.8. The molecule has 34 heavy (non-hydrogen) atoms. The second kappa shape index (κ2) is 9.86. The number of benzene rings is 3. The molecule has 0 saturated carbocycles. The summed E-state index contributed by atoms with van der Waals surface area (Å²) in [5.74, 6) is 0.0200. The first-order chi connectivity index (χ1) is 16.3. The molecule has 3 amide bonds. The van der Waals surface area contributed by atoms with Crippen LogP contribution in [0.5, 0.6) is 0 Å². The molecule has 0 bridgehead atoms. The minimum atomic E-state index is -4.48. The first-order valence-electron chi connectivity index (χ1n) is 10.7. The molecular weight excluding hydrogens is 445 g/mol. The van der Waals surface area contributed by atoms with E-state index < -0.39 is 17.8 Å². The van der Waals surface area contributed by atoms with Gasteiger partial charge >= 0.3 is 12.2 Å². The van der Waals surface area contributed by atoms with Crippen LogP contribution in [0.25, 0.3) is 0 Å². The van der Waals surface area contributed by atoms with Crippen molar-refractivity contribution in [3.63, 3.8) is 0 Å². The quantitative estimate of drug-likeness (QED) is 0.545. The van der Waals surface area contributed by atoms with E-state index in [0.717, 1.165) is 17.8 Å². The zero-order chi connectivity index (χ0) is 24.1. The average Bonchev–Trinajstić information content (AvgIpc) is 2.84. The summed E-state index contributed by atoms with van der Waals surface area (Å²) in [6, 6.07) is 20.2. The zero-order valence-corrected chi connectivity index (χ0v) is 18.2. The molecule has 9 heteroatoms. The lowest BCUT2D eigenvalue weighted by Gasteiger charge is -2.36. The molecule has 2 N–H and O–H groups in total. The Bertz CT molecular complexity index is 1140. The van der Waals surface area contributed by atoms with Gasteiger partial charge in [-0.25, -0.2) is 4.79 Å². The maximum Gasteiger partial charge on any atom is 0.416 e. The Morgan fingerprint density at radius 1 is 0.735 bits per heavy atom. The monoisotopic (exact) mass is 468 g/mol. The highest BCUT2D eigenvalue weighted by Crippen LogP contribution is 2.30. The Labute approximate surface area is 195 Å². The predicted octanol–water partition coefficient (Wildman–Crippen LogP) is 5.31. The van der Waals surface area contributed by atoms with Gasteiger partial charge in [-0.3, -0.25) is 4.79 Å². The molecule has 1 aliphatic heterocycles. The largest absolute Gasteiger partial charge is 0.416 e. The highest BCUT2D eigenvalue weighted by molar-refractivity contribution is 5.99. The first kappa shape index (κ1) is 23.2. The van der Waals surface area contributed by atoms with Crippen molar-refractivity contribution in [2.24, 2.45) is 0 Å². The fourth-order valence-electron chi connectivity index (χ4n) is 3.75. The lowest BCUT2D eigenvalue weighted by atomic mass is 10.1. The number of anilines is 3. The Kier molecular flexibility index (Phi) is 6.72. The van der Waals surface area contributed by atoms with E-state index in [2.05, 4.69) is 15.5 Å². The van der Waals surface area contributed by atoms with Crippen LogP contribution in [0.3, 0.4) is 0 Å². The summed E-state index contributed by atoms with van der Waals surface area (Å²) in [5.41, 5.74) is 1.35. The van der Waals surface area contributed by atoms with E-state index in [1.807, 2.05) is 47.4 Å². The second-order valence-electron chi connectivity index (χ2n) is 7.85. The molecule has 0 atom stereocenters. The van der Waals surface area contributed by atoms with E-state index in [4.69, 9.17) is 0 Å². The molecule has 0 aliphatic carbocycles. The predicted molar refractivity (Wildman–Crippen MR) is 125 cm³/mol. The molecule has 6 nitrogen and oxygen atoms in total. The summed E-state index contributed by atoms with van der Waals surface area (Å²) in [6.07, 6.45) is -4.48. The minimum absolute atomic E-state index is 0.0200. The molecular formula is C25H23F3N4O2. The lowest BCUT2D eigenvalue weighted by Crippen LogP contribution is -2.48. The SMILES string of the molecule is O=C(Nc1ccc(N2CCN(C(=O)c3ccccc3)CC2)cc1)Nc1cccc(C(F)(F)F)c1. The van der Waals surface area contributed by atoms with Crippen LogP contribution in [0.2, 0.25) is 0 Å². The summed E-state index contributed by atoms with van der Waals surface area (Å²) < 4.78 is 38.5. The van der Waals surface area contributed by atoms with Crippen molar-refractivity contribution >= 4 is 29.0 Å². The summed E-state index contributed by atoms with van der Waals surface area (Å²) >= 11 is 0. The molecule has 0 aromatic heterocycles. The number of rotatable bonds is 4. The van der Waals surface area contributed by atoms with Crippen molar-refractivity contribution in [3.8, 4) is 0 Å². The molecule has 0 unspecified atom stereocenters. The maximum atomic E-state index is 12.8. The normalized spacial score (nSPS) is 14.0. The number of piperazine rings is 1. The van der Waals surface area contributed by atoms with Crippen molar-refractivity contribution in [1.29, 1.82) is 0 Å². The molecule has 176 valence electrons. The molecule has 0 spiro atoms. The van der Waals surface area contributed by atoms with Gasteiger partial charge in [-0.1, -0.05) is 24.3 Å². The Balaban J connectivity index is 1.30. The summed E-state index contributed by atoms with van der Waals surface area (Å²) in [6.45, 7) is 2.57. The van der Waals surface area contributed by atoms with Crippen LogP contribution < -0.4 is 15.5 Å². The Morgan fingerprint density at radius 2 is 1.38 bits per heavy atom. The van der Waals surface area contributed by atoms with Crippen molar-refractivity contribution in [2.75, 3.05) is 41.7 Å². The number of hydrogen-bond donors (Lipinski definition) is 2. The van der Waals surface area contributed by atoms with E-state index >= 15 is 0 Å². The third-order valence-corrected chi connectivity index (χ3v) is 5.53. The van der Waals surface area contributed by atoms with Crippen LogP contribution in [0, 0.1) is 0 Å². The van der Waals surface area contributed by atoms with Crippen LogP contribution >= 0.6 is 0 Å². The number of carbonyl (C=O) groups is 2. The van der Waals surface area contributed by atoms with Crippen molar-refractivity contribution in [1.82, 2.24) is 4.90 Å². The number of urea groups is 1. The summed E-state index contributed by atoms with van der Waals surface area (Å²) in [5, 5.41) is 5.03. The van der Waals surface area contributed by atoms with Crippen LogP contribution in [-0.2, 0) is 6.18 Å². The van der Waals surface area contributed by atoms with E-state index in [1.165, 1.54) is 12.1 Å². The van der Waals surface area contributed by atoms with Crippen LogP contribution in [0.15, 0.2) is 78.9 Å². The third-order valence-electron chi connectivity index (χ3n) is 5.53. The van der Waals surface area contributed by atoms with Gasteiger partial charge in [-0.2, -0.15) is 13.2 Å². The first-order valence-corrected chi connectivity index (χ1v) is 10.7. The zero-order valence-electron chi connectivity index (χ0n) is 18.2. The van der Waals surface area contributed by atoms with Gasteiger partial charge < -0.3 is 20.4 Å². The molecule has 4 rings (SSSR count).